The monoisotopic (exact) mass is 188 g/mol. The maximum absolute atomic E-state index is 6.09. The van der Waals surface area contributed by atoms with Gasteiger partial charge in [-0.15, -0.1) is 0 Å². The third-order valence-electron chi connectivity index (χ3n) is 2.87. The predicted octanol–water partition coefficient (Wildman–Crippen LogP) is 0.986. The molecule has 0 amide bonds. The Labute approximate surface area is 81.8 Å². The quantitative estimate of drug-likeness (QED) is 0.726. The highest BCUT2D eigenvalue weighted by Gasteiger charge is 2.42. The van der Waals surface area contributed by atoms with Crippen LogP contribution in [0.1, 0.15) is 24.4 Å². The van der Waals surface area contributed by atoms with Crippen molar-refractivity contribution in [1.82, 2.24) is 14.4 Å². The van der Waals surface area contributed by atoms with Gasteiger partial charge >= 0.3 is 0 Å². The fraction of sp³-hybridized carbons (Fsp3) is 0.400. The van der Waals surface area contributed by atoms with Crippen molar-refractivity contribution >= 4 is 5.65 Å². The molecule has 0 aromatic carbocycles. The van der Waals surface area contributed by atoms with E-state index in [-0.39, 0.29) is 5.54 Å². The SMILES string of the molecule is Cc1nccc2nc(C3(N)CC3)cn12. The first-order chi connectivity index (χ1) is 6.69. The average Bonchev–Trinajstić information content (AvgIpc) is 2.77. The van der Waals surface area contributed by atoms with Gasteiger partial charge in [-0.2, -0.15) is 0 Å². The Bertz CT molecular complexity index is 496. The van der Waals surface area contributed by atoms with Crippen LogP contribution in [-0.4, -0.2) is 14.4 Å². The van der Waals surface area contributed by atoms with E-state index in [2.05, 4.69) is 9.97 Å². The van der Waals surface area contributed by atoms with Crippen LogP contribution in [0.15, 0.2) is 18.5 Å². The second-order valence-electron chi connectivity index (χ2n) is 4.00. The minimum Gasteiger partial charge on any atom is -0.320 e. The number of aryl methyl sites for hydroxylation is 1. The summed E-state index contributed by atoms with van der Waals surface area (Å²) in [7, 11) is 0. The first-order valence-corrected chi connectivity index (χ1v) is 4.79. The highest BCUT2D eigenvalue weighted by Crippen LogP contribution is 2.41. The summed E-state index contributed by atoms with van der Waals surface area (Å²) in [5.74, 6) is 0.950. The van der Waals surface area contributed by atoms with Crippen molar-refractivity contribution in [1.29, 1.82) is 0 Å². The molecular formula is C10H12N4. The number of rotatable bonds is 1. The lowest BCUT2D eigenvalue weighted by Crippen LogP contribution is -2.18. The van der Waals surface area contributed by atoms with Crippen LogP contribution in [0.4, 0.5) is 0 Å². The Morgan fingerprint density at radius 2 is 2.29 bits per heavy atom. The smallest absolute Gasteiger partial charge is 0.140 e. The first kappa shape index (κ1) is 7.94. The topological polar surface area (TPSA) is 56.2 Å². The second kappa shape index (κ2) is 2.33. The van der Waals surface area contributed by atoms with Crippen LogP contribution in [0, 0.1) is 6.92 Å². The maximum Gasteiger partial charge on any atom is 0.140 e. The van der Waals surface area contributed by atoms with Gasteiger partial charge < -0.3 is 5.73 Å². The van der Waals surface area contributed by atoms with Crippen LogP contribution in [0.3, 0.4) is 0 Å². The zero-order valence-electron chi connectivity index (χ0n) is 8.07. The second-order valence-corrected chi connectivity index (χ2v) is 4.00. The standard InChI is InChI=1S/C10H12N4/c1-7-12-5-2-9-13-8(6-14(7)9)10(11)3-4-10/h2,5-6H,3-4,11H2,1H3. The fourth-order valence-corrected chi connectivity index (χ4v) is 1.68. The normalized spacial score (nSPS) is 18.7. The molecule has 3 rings (SSSR count). The molecule has 1 fully saturated rings. The molecule has 0 atom stereocenters. The molecule has 2 aromatic heterocycles. The molecule has 0 saturated heterocycles. The van der Waals surface area contributed by atoms with E-state index in [0.29, 0.717) is 0 Å². The summed E-state index contributed by atoms with van der Waals surface area (Å²) in [6, 6.07) is 1.90. The number of aromatic nitrogens is 3. The fourth-order valence-electron chi connectivity index (χ4n) is 1.68. The summed E-state index contributed by atoms with van der Waals surface area (Å²) >= 11 is 0. The minimum absolute atomic E-state index is 0.154. The molecular weight excluding hydrogens is 176 g/mol. The molecule has 4 nitrogen and oxygen atoms in total. The van der Waals surface area contributed by atoms with Gasteiger partial charge in [-0.1, -0.05) is 0 Å². The molecule has 0 spiro atoms. The molecule has 1 saturated carbocycles. The Morgan fingerprint density at radius 3 is 2.93 bits per heavy atom. The van der Waals surface area contributed by atoms with Gasteiger partial charge in [0.15, 0.2) is 0 Å². The maximum atomic E-state index is 6.09. The molecule has 2 heterocycles. The molecule has 0 radical (unpaired) electrons. The van der Waals surface area contributed by atoms with Gasteiger partial charge in [-0.05, 0) is 25.8 Å². The van der Waals surface area contributed by atoms with E-state index in [0.717, 1.165) is 30.0 Å². The molecule has 0 aliphatic heterocycles. The van der Waals surface area contributed by atoms with Crippen molar-refractivity contribution < 1.29 is 0 Å². The first-order valence-electron chi connectivity index (χ1n) is 4.79. The Balaban J connectivity index is 2.25. The van der Waals surface area contributed by atoms with Gasteiger partial charge in [0.25, 0.3) is 0 Å². The molecule has 72 valence electrons. The summed E-state index contributed by atoms with van der Waals surface area (Å²) in [5.41, 5.74) is 7.86. The third-order valence-corrected chi connectivity index (χ3v) is 2.87. The number of imidazole rings is 1. The molecule has 2 aromatic rings. The zero-order valence-corrected chi connectivity index (χ0v) is 8.07. The summed E-state index contributed by atoms with van der Waals surface area (Å²) in [6.07, 6.45) is 5.87. The average molecular weight is 188 g/mol. The van der Waals surface area contributed by atoms with Crippen LogP contribution >= 0.6 is 0 Å². The van der Waals surface area contributed by atoms with Crippen LogP contribution in [0.2, 0.25) is 0 Å². The number of fused-ring (bicyclic) bond motifs is 1. The highest BCUT2D eigenvalue weighted by molar-refractivity contribution is 5.42. The van der Waals surface area contributed by atoms with Crippen molar-refractivity contribution in [3.63, 3.8) is 0 Å². The summed E-state index contributed by atoms with van der Waals surface area (Å²) in [5, 5.41) is 0. The third kappa shape index (κ3) is 0.974. The molecule has 1 aliphatic carbocycles. The molecule has 1 aliphatic rings. The molecule has 0 bridgehead atoms. The van der Waals surface area contributed by atoms with Crippen LogP contribution in [0.25, 0.3) is 5.65 Å². The van der Waals surface area contributed by atoms with Crippen molar-refractivity contribution in [3.8, 4) is 0 Å². The number of nitrogens with two attached hydrogens (primary N) is 1. The molecule has 14 heavy (non-hydrogen) atoms. The largest absolute Gasteiger partial charge is 0.320 e. The van der Waals surface area contributed by atoms with Crippen LogP contribution < -0.4 is 5.73 Å². The van der Waals surface area contributed by atoms with E-state index in [1.54, 1.807) is 6.20 Å². The number of hydrogen-bond donors (Lipinski definition) is 1. The van der Waals surface area contributed by atoms with Crippen molar-refractivity contribution in [2.24, 2.45) is 5.73 Å². The van der Waals surface area contributed by atoms with Gasteiger partial charge in [0.2, 0.25) is 0 Å². The molecule has 4 heteroatoms. The Morgan fingerprint density at radius 1 is 1.50 bits per heavy atom. The Kier molecular flexibility index (Phi) is 1.32. The van der Waals surface area contributed by atoms with E-state index >= 15 is 0 Å². The van der Waals surface area contributed by atoms with Crippen LogP contribution in [0.5, 0.6) is 0 Å². The molecule has 0 unspecified atom stereocenters. The summed E-state index contributed by atoms with van der Waals surface area (Å²) in [4.78, 5) is 8.71. The zero-order chi connectivity index (χ0) is 9.76. The van der Waals surface area contributed by atoms with Crippen molar-refractivity contribution in [3.05, 3.63) is 30.0 Å². The number of nitrogens with zero attached hydrogens (tertiary/aromatic N) is 3. The number of hydrogen-bond acceptors (Lipinski definition) is 3. The van der Waals surface area contributed by atoms with Gasteiger partial charge in [0.1, 0.15) is 11.5 Å². The van der Waals surface area contributed by atoms with Crippen molar-refractivity contribution in [2.45, 2.75) is 25.3 Å². The van der Waals surface area contributed by atoms with Gasteiger partial charge in [0, 0.05) is 12.4 Å². The lowest BCUT2D eigenvalue weighted by atomic mass is 10.2. The van der Waals surface area contributed by atoms with Crippen molar-refractivity contribution in [2.75, 3.05) is 0 Å². The van der Waals surface area contributed by atoms with Crippen LogP contribution in [-0.2, 0) is 5.54 Å². The van der Waals surface area contributed by atoms with E-state index < -0.39 is 0 Å². The summed E-state index contributed by atoms with van der Waals surface area (Å²) in [6.45, 7) is 1.97. The van der Waals surface area contributed by atoms with Gasteiger partial charge in [-0.3, -0.25) is 4.40 Å². The minimum atomic E-state index is -0.154. The predicted molar refractivity (Wildman–Crippen MR) is 52.8 cm³/mol. The molecule has 2 N–H and O–H groups in total. The van der Waals surface area contributed by atoms with Gasteiger partial charge in [0.05, 0.1) is 11.2 Å². The Hall–Kier alpha value is -1.42. The van der Waals surface area contributed by atoms with E-state index in [1.165, 1.54) is 0 Å². The van der Waals surface area contributed by atoms with E-state index in [1.807, 2.05) is 23.6 Å². The summed E-state index contributed by atoms with van der Waals surface area (Å²) < 4.78 is 1.99. The lowest BCUT2D eigenvalue weighted by molar-refractivity contribution is 0.714. The highest BCUT2D eigenvalue weighted by atomic mass is 15.1. The van der Waals surface area contributed by atoms with E-state index in [4.69, 9.17) is 5.73 Å². The lowest BCUT2D eigenvalue weighted by Gasteiger charge is -2.00. The van der Waals surface area contributed by atoms with Gasteiger partial charge in [-0.25, -0.2) is 9.97 Å². The van der Waals surface area contributed by atoms with E-state index in [9.17, 15) is 0 Å².